The maximum atomic E-state index is 11.1. The molecule has 2 aromatic rings. The number of hydrogen-bond donors (Lipinski definition) is 2. The number of nitrogens with zero attached hydrogens (tertiary/aromatic N) is 2. The van der Waals surface area contributed by atoms with E-state index in [1.165, 1.54) is 18.1 Å². The lowest BCUT2D eigenvalue weighted by Crippen LogP contribution is -2.14. The van der Waals surface area contributed by atoms with Crippen LogP contribution in [-0.4, -0.2) is 21.1 Å². The minimum absolute atomic E-state index is 0.0401. The van der Waals surface area contributed by atoms with Crippen LogP contribution >= 0.6 is 11.8 Å². The number of nitrogens with one attached hydrogen (secondary N) is 1. The van der Waals surface area contributed by atoms with Gasteiger partial charge >= 0.3 is 0 Å². The van der Waals surface area contributed by atoms with Gasteiger partial charge in [0.2, 0.25) is 5.91 Å². The molecule has 0 saturated carbocycles. The molecule has 0 radical (unpaired) electrons. The highest BCUT2D eigenvalue weighted by Crippen LogP contribution is 2.35. The molecule has 6 heteroatoms. The molecule has 1 atom stereocenters. The second-order valence-electron chi connectivity index (χ2n) is 3.48. The van der Waals surface area contributed by atoms with Crippen molar-refractivity contribution in [1.82, 2.24) is 15.2 Å². The first kappa shape index (κ1) is 11.7. The third-order valence-corrected chi connectivity index (χ3v) is 3.35. The van der Waals surface area contributed by atoms with Crippen LogP contribution in [0.2, 0.25) is 0 Å². The first-order valence-electron chi connectivity index (χ1n) is 5.11. The molecule has 1 heterocycles. The molecule has 1 aromatic carbocycles. The topological polar surface area (TPSA) is 84.7 Å². The van der Waals surface area contributed by atoms with Gasteiger partial charge in [0, 0.05) is 11.7 Å². The average molecular weight is 248 g/mol. The van der Waals surface area contributed by atoms with Crippen LogP contribution in [-0.2, 0) is 4.79 Å². The van der Waals surface area contributed by atoms with Crippen LogP contribution in [0.15, 0.2) is 41.8 Å². The Morgan fingerprint density at radius 2 is 2.18 bits per heavy atom. The van der Waals surface area contributed by atoms with Gasteiger partial charge < -0.3 is 5.73 Å². The molecule has 0 spiro atoms. The number of aromatic amines is 1. The fourth-order valence-corrected chi connectivity index (χ4v) is 2.49. The standard InChI is InChI=1S/C11H12N4OS/c12-10(16)6-9(8-4-2-1-3-5-8)17-11-13-7-14-15-11/h1-5,7,9H,6H2,(H2,12,16)(H,13,14,15). The number of hydrogen-bond acceptors (Lipinski definition) is 4. The summed E-state index contributed by atoms with van der Waals surface area (Å²) in [5.74, 6) is -0.328. The number of H-pyrrole nitrogens is 1. The molecule has 0 aliphatic rings. The second kappa shape index (κ2) is 5.49. The molecule has 1 unspecified atom stereocenters. The SMILES string of the molecule is NC(=O)CC(Sc1ncn[nH]1)c1ccccc1. The number of amides is 1. The first-order chi connectivity index (χ1) is 8.25. The summed E-state index contributed by atoms with van der Waals surface area (Å²) >= 11 is 1.45. The summed E-state index contributed by atoms with van der Waals surface area (Å²) in [6.07, 6.45) is 1.71. The molecule has 0 aliphatic carbocycles. The molecule has 0 bridgehead atoms. The molecular weight excluding hydrogens is 236 g/mol. The molecule has 0 aliphatic heterocycles. The van der Waals surface area contributed by atoms with E-state index in [0.717, 1.165) is 5.56 Å². The highest BCUT2D eigenvalue weighted by atomic mass is 32.2. The van der Waals surface area contributed by atoms with Crippen molar-refractivity contribution in [3.05, 3.63) is 42.2 Å². The van der Waals surface area contributed by atoms with Crippen molar-refractivity contribution in [1.29, 1.82) is 0 Å². The maximum Gasteiger partial charge on any atom is 0.218 e. The predicted octanol–water partition coefficient (Wildman–Crippen LogP) is 1.51. The van der Waals surface area contributed by atoms with Crippen molar-refractivity contribution in [2.24, 2.45) is 5.73 Å². The molecule has 3 N–H and O–H groups in total. The molecule has 17 heavy (non-hydrogen) atoms. The zero-order chi connectivity index (χ0) is 12.1. The van der Waals surface area contributed by atoms with Crippen molar-refractivity contribution in [3.8, 4) is 0 Å². The van der Waals surface area contributed by atoms with E-state index in [2.05, 4.69) is 15.2 Å². The van der Waals surface area contributed by atoms with E-state index in [-0.39, 0.29) is 17.6 Å². The normalized spacial score (nSPS) is 12.2. The Hall–Kier alpha value is -1.82. The van der Waals surface area contributed by atoms with Gasteiger partial charge in [-0.05, 0) is 5.56 Å². The summed E-state index contributed by atoms with van der Waals surface area (Å²) in [6, 6.07) is 9.74. The molecule has 2 rings (SSSR count). The zero-order valence-corrected chi connectivity index (χ0v) is 9.85. The lowest BCUT2D eigenvalue weighted by molar-refractivity contribution is -0.118. The summed E-state index contributed by atoms with van der Waals surface area (Å²) in [5.41, 5.74) is 6.31. The summed E-state index contributed by atoms with van der Waals surface area (Å²) in [6.45, 7) is 0. The molecule has 1 aromatic heterocycles. The second-order valence-corrected chi connectivity index (χ2v) is 4.67. The third-order valence-electron chi connectivity index (χ3n) is 2.20. The van der Waals surface area contributed by atoms with Crippen LogP contribution < -0.4 is 5.73 Å². The van der Waals surface area contributed by atoms with Crippen molar-refractivity contribution >= 4 is 17.7 Å². The molecule has 0 saturated heterocycles. The Bertz CT molecular complexity index is 471. The van der Waals surface area contributed by atoms with Crippen LogP contribution in [0.25, 0.3) is 0 Å². The molecule has 88 valence electrons. The summed E-state index contributed by atoms with van der Waals surface area (Å²) < 4.78 is 0. The van der Waals surface area contributed by atoms with Gasteiger partial charge in [-0.15, -0.1) is 0 Å². The van der Waals surface area contributed by atoms with Gasteiger partial charge in [-0.1, -0.05) is 42.1 Å². The van der Waals surface area contributed by atoms with E-state index >= 15 is 0 Å². The number of aromatic nitrogens is 3. The Kier molecular flexibility index (Phi) is 3.77. The van der Waals surface area contributed by atoms with Crippen molar-refractivity contribution < 1.29 is 4.79 Å². The molecular formula is C11H12N4OS. The largest absolute Gasteiger partial charge is 0.370 e. The van der Waals surface area contributed by atoms with Gasteiger partial charge in [0.15, 0.2) is 5.16 Å². The summed E-state index contributed by atoms with van der Waals surface area (Å²) in [4.78, 5) is 15.1. The molecule has 1 amide bonds. The van der Waals surface area contributed by atoms with Crippen molar-refractivity contribution in [3.63, 3.8) is 0 Å². The zero-order valence-electron chi connectivity index (χ0n) is 9.04. The number of carbonyl (C=O) groups is 1. The van der Waals surface area contributed by atoms with Gasteiger partial charge in [-0.25, -0.2) is 4.98 Å². The Morgan fingerprint density at radius 1 is 1.41 bits per heavy atom. The number of primary amides is 1. The molecule has 5 nitrogen and oxygen atoms in total. The van der Waals surface area contributed by atoms with E-state index in [1.54, 1.807) is 0 Å². The predicted molar refractivity (Wildman–Crippen MR) is 65.2 cm³/mol. The van der Waals surface area contributed by atoms with Gasteiger partial charge in [-0.2, -0.15) is 5.10 Å². The number of rotatable bonds is 5. The first-order valence-corrected chi connectivity index (χ1v) is 5.99. The number of carbonyl (C=O) groups excluding carboxylic acids is 1. The minimum atomic E-state index is -0.328. The van der Waals surface area contributed by atoms with Crippen LogP contribution in [0.1, 0.15) is 17.2 Å². The number of thioether (sulfide) groups is 1. The van der Waals surface area contributed by atoms with Gasteiger partial charge in [0.25, 0.3) is 0 Å². The smallest absolute Gasteiger partial charge is 0.218 e. The average Bonchev–Trinajstić information content (AvgIpc) is 2.82. The minimum Gasteiger partial charge on any atom is -0.370 e. The third kappa shape index (κ3) is 3.32. The van der Waals surface area contributed by atoms with E-state index in [4.69, 9.17) is 5.73 Å². The monoisotopic (exact) mass is 248 g/mol. The summed E-state index contributed by atoms with van der Waals surface area (Å²) in [7, 11) is 0. The fourth-order valence-electron chi connectivity index (χ4n) is 1.46. The van der Waals surface area contributed by atoms with E-state index < -0.39 is 0 Å². The lowest BCUT2D eigenvalue weighted by atomic mass is 10.1. The Morgan fingerprint density at radius 3 is 2.76 bits per heavy atom. The Labute approximate surface area is 103 Å². The van der Waals surface area contributed by atoms with Crippen molar-refractivity contribution in [2.45, 2.75) is 16.8 Å². The quantitative estimate of drug-likeness (QED) is 0.785. The fraction of sp³-hybridized carbons (Fsp3) is 0.182. The van der Waals surface area contributed by atoms with Crippen molar-refractivity contribution in [2.75, 3.05) is 0 Å². The molecule has 0 fully saturated rings. The maximum absolute atomic E-state index is 11.1. The highest BCUT2D eigenvalue weighted by molar-refractivity contribution is 7.99. The number of nitrogens with two attached hydrogens (primary N) is 1. The van der Waals surface area contributed by atoms with Crippen LogP contribution in [0.4, 0.5) is 0 Å². The van der Waals surface area contributed by atoms with E-state index in [9.17, 15) is 4.79 Å². The Balaban J connectivity index is 2.16. The van der Waals surface area contributed by atoms with Crippen LogP contribution in [0.5, 0.6) is 0 Å². The lowest BCUT2D eigenvalue weighted by Gasteiger charge is -2.13. The van der Waals surface area contributed by atoms with E-state index in [0.29, 0.717) is 5.16 Å². The van der Waals surface area contributed by atoms with E-state index in [1.807, 2.05) is 30.3 Å². The highest BCUT2D eigenvalue weighted by Gasteiger charge is 2.17. The van der Waals surface area contributed by atoms with Gasteiger partial charge in [-0.3, -0.25) is 9.89 Å². The summed E-state index contributed by atoms with van der Waals surface area (Å²) in [5, 5.41) is 7.18. The number of benzene rings is 1. The van der Waals surface area contributed by atoms with Crippen LogP contribution in [0, 0.1) is 0 Å². The van der Waals surface area contributed by atoms with Gasteiger partial charge in [0.1, 0.15) is 6.33 Å². The van der Waals surface area contributed by atoms with Crippen LogP contribution in [0.3, 0.4) is 0 Å². The van der Waals surface area contributed by atoms with Gasteiger partial charge in [0.05, 0.1) is 0 Å².